The number of rotatable bonds is 5. The molecule has 0 aliphatic carbocycles. The average Bonchev–Trinajstić information content (AvgIpc) is 2.35. The topological polar surface area (TPSA) is 51.2 Å². The predicted octanol–water partition coefficient (Wildman–Crippen LogP) is 1.68. The Kier molecular flexibility index (Phi) is 4.92. The van der Waals surface area contributed by atoms with Gasteiger partial charge in [-0.2, -0.15) is 0 Å². The van der Waals surface area contributed by atoms with Crippen molar-refractivity contribution in [1.29, 1.82) is 0 Å². The van der Waals surface area contributed by atoms with Gasteiger partial charge in [0.25, 0.3) is 0 Å². The van der Waals surface area contributed by atoms with Gasteiger partial charge in [-0.3, -0.25) is 15.1 Å². The lowest BCUT2D eigenvalue weighted by molar-refractivity contribution is -0.143. The highest BCUT2D eigenvalue weighted by Gasteiger charge is 2.19. The van der Waals surface area contributed by atoms with Crippen LogP contribution in [0.2, 0.25) is 0 Å². The van der Waals surface area contributed by atoms with E-state index in [0.717, 1.165) is 5.69 Å². The van der Waals surface area contributed by atoms with Gasteiger partial charge in [0, 0.05) is 12.2 Å². The SMILES string of the molecule is CCC(N[C@@H](C)c1ccccn1)C(=O)OC. The summed E-state index contributed by atoms with van der Waals surface area (Å²) in [6.07, 6.45) is 2.44. The molecule has 1 heterocycles. The molecule has 4 nitrogen and oxygen atoms in total. The lowest BCUT2D eigenvalue weighted by atomic mass is 10.1. The molecule has 0 radical (unpaired) electrons. The summed E-state index contributed by atoms with van der Waals surface area (Å²) >= 11 is 0. The number of nitrogens with zero attached hydrogens (tertiary/aromatic N) is 1. The fourth-order valence-corrected chi connectivity index (χ4v) is 1.51. The highest BCUT2D eigenvalue weighted by Crippen LogP contribution is 2.10. The molecule has 0 spiro atoms. The van der Waals surface area contributed by atoms with Gasteiger partial charge in [-0.1, -0.05) is 13.0 Å². The molecule has 0 saturated carbocycles. The van der Waals surface area contributed by atoms with Crippen molar-refractivity contribution in [2.45, 2.75) is 32.4 Å². The monoisotopic (exact) mass is 222 g/mol. The molecule has 0 aromatic carbocycles. The number of hydrogen-bond donors (Lipinski definition) is 1. The zero-order valence-corrected chi connectivity index (χ0v) is 9.93. The Morgan fingerprint density at radius 1 is 1.56 bits per heavy atom. The van der Waals surface area contributed by atoms with Crippen LogP contribution in [0, 0.1) is 0 Å². The number of ether oxygens (including phenoxy) is 1. The number of carbonyl (C=O) groups excluding carboxylic acids is 1. The number of pyridine rings is 1. The van der Waals surface area contributed by atoms with E-state index >= 15 is 0 Å². The smallest absolute Gasteiger partial charge is 0.322 e. The van der Waals surface area contributed by atoms with Crippen molar-refractivity contribution >= 4 is 5.97 Å². The van der Waals surface area contributed by atoms with E-state index in [-0.39, 0.29) is 18.1 Å². The molecule has 0 aliphatic rings. The maximum absolute atomic E-state index is 11.4. The molecule has 1 unspecified atom stereocenters. The first kappa shape index (κ1) is 12.6. The van der Waals surface area contributed by atoms with Crippen molar-refractivity contribution in [2.24, 2.45) is 0 Å². The van der Waals surface area contributed by atoms with Gasteiger partial charge in [-0.15, -0.1) is 0 Å². The second-order valence-corrected chi connectivity index (χ2v) is 3.63. The van der Waals surface area contributed by atoms with Gasteiger partial charge in [-0.25, -0.2) is 0 Å². The summed E-state index contributed by atoms with van der Waals surface area (Å²) in [5.41, 5.74) is 0.921. The summed E-state index contributed by atoms with van der Waals surface area (Å²) in [5, 5.41) is 3.20. The van der Waals surface area contributed by atoms with Crippen molar-refractivity contribution in [3.05, 3.63) is 30.1 Å². The third kappa shape index (κ3) is 3.31. The summed E-state index contributed by atoms with van der Waals surface area (Å²) in [6, 6.07) is 5.49. The van der Waals surface area contributed by atoms with Crippen LogP contribution in [0.3, 0.4) is 0 Å². The van der Waals surface area contributed by atoms with Crippen LogP contribution in [0.4, 0.5) is 0 Å². The minimum atomic E-state index is -0.276. The van der Waals surface area contributed by atoms with E-state index in [1.54, 1.807) is 6.20 Å². The predicted molar refractivity (Wildman–Crippen MR) is 61.9 cm³/mol. The zero-order valence-electron chi connectivity index (χ0n) is 9.93. The van der Waals surface area contributed by atoms with Crippen LogP contribution in [-0.2, 0) is 9.53 Å². The summed E-state index contributed by atoms with van der Waals surface area (Å²) in [7, 11) is 1.40. The summed E-state index contributed by atoms with van der Waals surface area (Å²) in [5.74, 6) is -0.231. The Balaban J connectivity index is 2.62. The zero-order chi connectivity index (χ0) is 12.0. The molecule has 0 aliphatic heterocycles. The number of esters is 1. The highest BCUT2D eigenvalue weighted by molar-refractivity contribution is 5.75. The Labute approximate surface area is 96.0 Å². The Morgan fingerprint density at radius 3 is 2.81 bits per heavy atom. The van der Waals surface area contributed by atoms with Gasteiger partial charge in [0.2, 0.25) is 0 Å². The average molecular weight is 222 g/mol. The van der Waals surface area contributed by atoms with Crippen molar-refractivity contribution < 1.29 is 9.53 Å². The van der Waals surface area contributed by atoms with Crippen LogP contribution in [0.1, 0.15) is 32.0 Å². The summed E-state index contributed by atoms with van der Waals surface area (Å²) in [4.78, 5) is 15.6. The highest BCUT2D eigenvalue weighted by atomic mass is 16.5. The van der Waals surface area contributed by atoms with Gasteiger partial charge in [-0.05, 0) is 25.5 Å². The second-order valence-electron chi connectivity index (χ2n) is 3.63. The van der Waals surface area contributed by atoms with E-state index in [9.17, 15) is 4.79 Å². The Bertz CT molecular complexity index is 327. The minimum absolute atomic E-state index is 0.0326. The molecule has 1 N–H and O–H groups in total. The second kappa shape index (κ2) is 6.23. The standard InChI is InChI=1S/C12H18N2O2/c1-4-10(12(15)16-3)14-9(2)11-7-5-6-8-13-11/h5-10,14H,4H2,1-3H3/t9-,10?/m0/s1. The van der Waals surface area contributed by atoms with Gasteiger partial charge in [0.05, 0.1) is 12.8 Å². The van der Waals surface area contributed by atoms with Crippen LogP contribution in [-0.4, -0.2) is 24.1 Å². The number of carbonyl (C=O) groups is 1. The van der Waals surface area contributed by atoms with Gasteiger partial charge >= 0.3 is 5.97 Å². The fraction of sp³-hybridized carbons (Fsp3) is 0.500. The van der Waals surface area contributed by atoms with Crippen molar-refractivity contribution in [2.75, 3.05) is 7.11 Å². The van der Waals surface area contributed by atoms with E-state index in [2.05, 4.69) is 10.3 Å². The van der Waals surface area contributed by atoms with E-state index in [1.165, 1.54) is 7.11 Å². The third-order valence-corrected chi connectivity index (χ3v) is 2.48. The number of methoxy groups -OCH3 is 1. The maximum atomic E-state index is 11.4. The maximum Gasteiger partial charge on any atom is 0.322 e. The quantitative estimate of drug-likeness (QED) is 0.770. The molecule has 1 aromatic rings. The van der Waals surface area contributed by atoms with Crippen LogP contribution >= 0.6 is 0 Å². The van der Waals surface area contributed by atoms with Crippen LogP contribution in [0.25, 0.3) is 0 Å². The number of nitrogens with one attached hydrogen (secondary N) is 1. The fourth-order valence-electron chi connectivity index (χ4n) is 1.51. The third-order valence-electron chi connectivity index (χ3n) is 2.48. The Morgan fingerprint density at radius 2 is 2.31 bits per heavy atom. The van der Waals surface area contributed by atoms with Gasteiger partial charge < -0.3 is 4.74 Å². The molecular formula is C12H18N2O2. The normalized spacial score (nSPS) is 14.2. The van der Waals surface area contributed by atoms with Crippen LogP contribution < -0.4 is 5.32 Å². The van der Waals surface area contributed by atoms with Crippen LogP contribution in [0.5, 0.6) is 0 Å². The van der Waals surface area contributed by atoms with Gasteiger partial charge in [0.15, 0.2) is 0 Å². The van der Waals surface area contributed by atoms with Gasteiger partial charge in [0.1, 0.15) is 6.04 Å². The lowest BCUT2D eigenvalue weighted by Gasteiger charge is -2.19. The van der Waals surface area contributed by atoms with Crippen molar-refractivity contribution in [3.63, 3.8) is 0 Å². The minimum Gasteiger partial charge on any atom is -0.468 e. The van der Waals surface area contributed by atoms with Crippen LogP contribution in [0.15, 0.2) is 24.4 Å². The molecule has 0 amide bonds. The summed E-state index contributed by atoms with van der Waals surface area (Å²) < 4.78 is 4.72. The molecule has 0 saturated heterocycles. The number of hydrogen-bond acceptors (Lipinski definition) is 4. The molecule has 88 valence electrons. The molecule has 16 heavy (non-hydrogen) atoms. The first-order valence-corrected chi connectivity index (χ1v) is 5.43. The molecule has 0 fully saturated rings. The lowest BCUT2D eigenvalue weighted by Crippen LogP contribution is -2.38. The molecule has 1 rings (SSSR count). The first-order valence-electron chi connectivity index (χ1n) is 5.43. The van der Waals surface area contributed by atoms with E-state index in [1.807, 2.05) is 32.0 Å². The first-order chi connectivity index (χ1) is 7.69. The largest absolute Gasteiger partial charge is 0.468 e. The molecule has 1 aromatic heterocycles. The van der Waals surface area contributed by atoms with Crippen molar-refractivity contribution in [3.8, 4) is 0 Å². The molecule has 2 atom stereocenters. The summed E-state index contributed by atoms with van der Waals surface area (Å²) in [6.45, 7) is 3.92. The Hall–Kier alpha value is -1.42. The number of aromatic nitrogens is 1. The van der Waals surface area contributed by atoms with Crippen molar-refractivity contribution in [1.82, 2.24) is 10.3 Å². The molecular weight excluding hydrogens is 204 g/mol. The van der Waals surface area contributed by atoms with E-state index < -0.39 is 0 Å². The molecule has 0 bridgehead atoms. The van der Waals surface area contributed by atoms with E-state index in [4.69, 9.17) is 4.74 Å². The van der Waals surface area contributed by atoms with E-state index in [0.29, 0.717) is 6.42 Å². The molecule has 4 heteroatoms.